The Morgan fingerprint density at radius 1 is 0.962 bits per heavy atom. The number of pyridine rings is 1. The van der Waals surface area contributed by atoms with Gasteiger partial charge in [-0.2, -0.15) is 0 Å². The zero-order valence-corrected chi connectivity index (χ0v) is 15.6. The minimum atomic E-state index is -0.0826. The van der Waals surface area contributed by atoms with Crippen LogP contribution in [0.2, 0.25) is 10.0 Å². The van der Waals surface area contributed by atoms with Crippen LogP contribution in [0.4, 0.5) is 17.2 Å². The van der Waals surface area contributed by atoms with E-state index in [1.807, 2.05) is 37.3 Å². The van der Waals surface area contributed by atoms with Crippen LogP contribution in [-0.2, 0) is 11.2 Å². The first-order chi connectivity index (χ1) is 12.5. The second-order valence-corrected chi connectivity index (χ2v) is 6.71. The number of hydrogen-bond acceptors (Lipinski definition) is 3. The van der Waals surface area contributed by atoms with E-state index in [1.54, 1.807) is 30.5 Å². The highest BCUT2D eigenvalue weighted by Gasteiger charge is 2.05. The van der Waals surface area contributed by atoms with Crippen LogP contribution in [0.3, 0.4) is 0 Å². The second kappa shape index (κ2) is 8.21. The third-order valence-electron chi connectivity index (χ3n) is 3.72. The van der Waals surface area contributed by atoms with Crippen LogP contribution in [0, 0.1) is 6.92 Å². The van der Waals surface area contributed by atoms with Gasteiger partial charge in [-0.15, -0.1) is 0 Å². The zero-order chi connectivity index (χ0) is 18.5. The Bertz CT molecular complexity index is 909. The van der Waals surface area contributed by atoms with E-state index in [-0.39, 0.29) is 5.91 Å². The molecule has 0 aliphatic carbocycles. The van der Waals surface area contributed by atoms with Crippen molar-refractivity contribution in [2.24, 2.45) is 0 Å². The summed E-state index contributed by atoms with van der Waals surface area (Å²) in [5.41, 5.74) is 3.56. The molecule has 1 amide bonds. The summed E-state index contributed by atoms with van der Waals surface area (Å²) in [7, 11) is 0. The molecular weight excluding hydrogens is 369 g/mol. The highest BCUT2D eigenvalue weighted by atomic mass is 35.5. The molecule has 1 aromatic heterocycles. The number of aromatic nitrogens is 1. The highest BCUT2D eigenvalue weighted by Crippen LogP contribution is 2.26. The molecule has 132 valence electrons. The van der Waals surface area contributed by atoms with Gasteiger partial charge in [-0.3, -0.25) is 4.79 Å². The molecule has 0 fully saturated rings. The summed E-state index contributed by atoms with van der Waals surface area (Å²) in [6.45, 7) is 2.02. The van der Waals surface area contributed by atoms with Crippen molar-refractivity contribution in [1.29, 1.82) is 0 Å². The van der Waals surface area contributed by atoms with Gasteiger partial charge >= 0.3 is 0 Å². The van der Waals surface area contributed by atoms with Gasteiger partial charge in [0, 0.05) is 5.69 Å². The van der Waals surface area contributed by atoms with Crippen molar-refractivity contribution in [3.63, 3.8) is 0 Å². The molecular formula is C20H17Cl2N3O. The van der Waals surface area contributed by atoms with E-state index in [2.05, 4.69) is 15.6 Å². The van der Waals surface area contributed by atoms with Crippen LogP contribution < -0.4 is 10.6 Å². The minimum Gasteiger partial charge on any atom is -0.340 e. The highest BCUT2D eigenvalue weighted by molar-refractivity contribution is 6.42. The van der Waals surface area contributed by atoms with E-state index in [4.69, 9.17) is 23.2 Å². The van der Waals surface area contributed by atoms with E-state index in [1.165, 1.54) is 5.56 Å². The Hall–Kier alpha value is -2.56. The molecule has 2 aromatic carbocycles. The van der Waals surface area contributed by atoms with Crippen molar-refractivity contribution >= 4 is 46.3 Å². The van der Waals surface area contributed by atoms with E-state index in [0.29, 0.717) is 28.0 Å². The lowest BCUT2D eigenvalue weighted by Gasteiger charge is -2.09. The lowest BCUT2D eigenvalue weighted by atomic mass is 10.1. The fourth-order valence-corrected chi connectivity index (χ4v) is 2.66. The molecule has 6 heteroatoms. The number of halogens is 2. The molecule has 0 saturated heterocycles. The number of hydrogen-bond donors (Lipinski definition) is 2. The number of nitrogens with zero attached hydrogens (tertiary/aromatic N) is 1. The summed E-state index contributed by atoms with van der Waals surface area (Å²) in [6, 6.07) is 16.7. The largest absolute Gasteiger partial charge is 0.340 e. The van der Waals surface area contributed by atoms with Crippen molar-refractivity contribution in [2.45, 2.75) is 13.3 Å². The predicted molar refractivity (Wildman–Crippen MR) is 107 cm³/mol. The fourth-order valence-electron chi connectivity index (χ4n) is 2.36. The summed E-state index contributed by atoms with van der Waals surface area (Å²) in [6.07, 6.45) is 1.93. The number of amides is 1. The van der Waals surface area contributed by atoms with Gasteiger partial charge in [-0.1, -0.05) is 53.0 Å². The number of aryl methyl sites for hydroxylation is 1. The van der Waals surface area contributed by atoms with E-state index >= 15 is 0 Å². The average molecular weight is 386 g/mol. The van der Waals surface area contributed by atoms with E-state index < -0.39 is 0 Å². The quantitative estimate of drug-likeness (QED) is 0.598. The molecule has 0 spiro atoms. The number of carbonyl (C=O) groups excluding carboxylic acids is 1. The van der Waals surface area contributed by atoms with Gasteiger partial charge in [0.15, 0.2) is 0 Å². The monoisotopic (exact) mass is 385 g/mol. The van der Waals surface area contributed by atoms with Crippen LogP contribution in [0.25, 0.3) is 0 Å². The maximum absolute atomic E-state index is 12.1. The summed E-state index contributed by atoms with van der Waals surface area (Å²) in [4.78, 5) is 16.4. The molecule has 0 saturated carbocycles. The number of nitrogens with one attached hydrogen (secondary N) is 2. The Kier molecular flexibility index (Phi) is 5.76. The Morgan fingerprint density at radius 3 is 2.35 bits per heavy atom. The molecule has 0 aliphatic rings. The SMILES string of the molecule is Cc1ccc(CC(=O)Nc2ccc(Nc3ccc(Cl)c(Cl)c3)nc2)cc1. The van der Waals surface area contributed by atoms with Gasteiger partial charge in [0.05, 0.1) is 28.4 Å². The molecule has 0 unspecified atom stereocenters. The van der Waals surface area contributed by atoms with Gasteiger partial charge in [0.2, 0.25) is 5.91 Å². The van der Waals surface area contributed by atoms with Crippen LogP contribution in [0.15, 0.2) is 60.8 Å². The van der Waals surface area contributed by atoms with Gasteiger partial charge in [-0.25, -0.2) is 4.98 Å². The number of anilines is 3. The van der Waals surface area contributed by atoms with Crippen LogP contribution >= 0.6 is 23.2 Å². The van der Waals surface area contributed by atoms with E-state index in [9.17, 15) is 4.79 Å². The molecule has 2 N–H and O–H groups in total. The smallest absolute Gasteiger partial charge is 0.228 e. The normalized spacial score (nSPS) is 10.4. The van der Waals surface area contributed by atoms with Crippen LogP contribution in [0.5, 0.6) is 0 Å². The van der Waals surface area contributed by atoms with Crippen LogP contribution in [0.1, 0.15) is 11.1 Å². The standard InChI is InChI=1S/C20H17Cl2N3O/c1-13-2-4-14(5-3-13)10-20(26)25-16-7-9-19(23-12-16)24-15-6-8-17(21)18(22)11-15/h2-9,11-12H,10H2,1H3,(H,23,24)(H,25,26). The average Bonchev–Trinajstić information content (AvgIpc) is 2.62. The van der Waals surface area contributed by atoms with E-state index in [0.717, 1.165) is 11.3 Å². The molecule has 1 heterocycles. The zero-order valence-electron chi connectivity index (χ0n) is 14.1. The summed E-state index contributed by atoms with van der Waals surface area (Å²) in [5.74, 6) is 0.556. The third kappa shape index (κ3) is 4.97. The molecule has 3 aromatic rings. The van der Waals surface area contributed by atoms with Crippen molar-refractivity contribution in [2.75, 3.05) is 10.6 Å². The second-order valence-electron chi connectivity index (χ2n) is 5.90. The predicted octanol–water partition coefficient (Wildman–Crippen LogP) is 5.62. The summed E-state index contributed by atoms with van der Waals surface area (Å²) in [5, 5.41) is 6.94. The first-order valence-electron chi connectivity index (χ1n) is 8.03. The maximum atomic E-state index is 12.1. The van der Waals surface area contributed by atoms with Crippen molar-refractivity contribution in [1.82, 2.24) is 4.98 Å². The lowest BCUT2D eigenvalue weighted by molar-refractivity contribution is -0.115. The number of rotatable bonds is 5. The lowest BCUT2D eigenvalue weighted by Crippen LogP contribution is -2.14. The minimum absolute atomic E-state index is 0.0826. The van der Waals surface area contributed by atoms with Gasteiger partial charge in [0.25, 0.3) is 0 Å². The van der Waals surface area contributed by atoms with Crippen molar-refractivity contribution in [3.05, 3.63) is 82.0 Å². The Labute approximate surface area is 162 Å². The fraction of sp³-hybridized carbons (Fsp3) is 0.100. The molecule has 0 aliphatic heterocycles. The molecule has 3 rings (SSSR count). The molecule has 0 bridgehead atoms. The van der Waals surface area contributed by atoms with Crippen molar-refractivity contribution < 1.29 is 4.79 Å². The van der Waals surface area contributed by atoms with Crippen molar-refractivity contribution in [3.8, 4) is 0 Å². The third-order valence-corrected chi connectivity index (χ3v) is 4.46. The number of carbonyl (C=O) groups is 1. The Morgan fingerprint density at radius 2 is 1.69 bits per heavy atom. The molecule has 0 radical (unpaired) electrons. The number of benzene rings is 2. The van der Waals surface area contributed by atoms with Gasteiger partial charge in [0.1, 0.15) is 5.82 Å². The van der Waals surface area contributed by atoms with Gasteiger partial charge in [-0.05, 0) is 42.8 Å². The topological polar surface area (TPSA) is 54.0 Å². The molecule has 4 nitrogen and oxygen atoms in total. The first-order valence-corrected chi connectivity index (χ1v) is 8.79. The first kappa shape index (κ1) is 18.2. The van der Waals surface area contributed by atoms with Crippen LogP contribution in [-0.4, -0.2) is 10.9 Å². The van der Waals surface area contributed by atoms with Gasteiger partial charge < -0.3 is 10.6 Å². The summed E-state index contributed by atoms with van der Waals surface area (Å²) >= 11 is 11.9. The maximum Gasteiger partial charge on any atom is 0.228 e. The Balaban J connectivity index is 1.59. The molecule has 26 heavy (non-hydrogen) atoms. The molecule has 0 atom stereocenters. The summed E-state index contributed by atoms with van der Waals surface area (Å²) < 4.78 is 0.